The average molecular weight is 340 g/mol. The van der Waals surface area contributed by atoms with Gasteiger partial charge < -0.3 is 5.73 Å². The molecule has 0 aromatic carbocycles. The van der Waals surface area contributed by atoms with Gasteiger partial charge in [0.1, 0.15) is 5.01 Å². The number of aromatic nitrogens is 1. The Morgan fingerprint density at radius 2 is 2.00 bits per heavy atom. The average Bonchev–Trinajstić information content (AvgIpc) is 2.97. The zero-order chi connectivity index (χ0) is 13.3. The normalized spacial score (nSPS) is 16.5. The molecule has 0 spiro atoms. The maximum Gasteiger partial charge on any atom is 0.107 e. The minimum atomic E-state index is 0. The van der Waals surface area contributed by atoms with Gasteiger partial charge in [0.25, 0.3) is 0 Å². The molecule has 1 aliphatic rings. The van der Waals surface area contributed by atoms with Gasteiger partial charge in [-0.3, -0.25) is 4.90 Å². The monoisotopic (exact) mass is 339 g/mol. The van der Waals surface area contributed by atoms with Gasteiger partial charge in [-0.2, -0.15) is 0 Å². The quantitative estimate of drug-likeness (QED) is 0.893. The maximum atomic E-state index is 5.88. The van der Waals surface area contributed by atoms with Crippen LogP contribution in [0.5, 0.6) is 0 Å². The molecule has 1 fully saturated rings. The lowest BCUT2D eigenvalue weighted by Gasteiger charge is -2.26. The molecule has 118 valence electrons. The van der Waals surface area contributed by atoms with E-state index in [1.807, 2.05) is 0 Å². The summed E-state index contributed by atoms with van der Waals surface area (Å²) < 4.78 is 0. The Labute approximate surface area is 139 Å². The third kappa shape index (κ3) is 5.15. The van der Waals surface area contributed by atoms with Crippen LogP contribution in [-0.4, -0.2) is 29.5 Å². The first-order valence-corrected chi connectivity index (χ1v) is 7.65. The summed E-state index contributed by atoms with van der Waals surface area (Å²) in [6, 6.07) is 0.534. The molecule has 1 atom stereocenters. The van der Waals surface area contributed by atoms with Crippen LogP contribution in [0.1, 0.15) is 44.3 Å². The van der Waals surface area contributed by atoms with E-state index in [4.69, 9.17) is 10.7 Å². The van der Waals surface area contributed by atoms with Crippen molar-refractivity contribution < 1.29 is 0 Å². The van der Waals surface area contributed by atoms with E-state index in [9.17, 15) is 0 Å². The fourth-order valence-corrected chi connectivity index (χ4v) is 3.36. The number of rotatable bonds is 5. The van der Waals surface area contributed by atoms with Crippen LogP contribution < -0.4 is 5.73 Å². The summed E-state index contributed by atoms with van der Waals surface area (Å²) in [6.45, 7) is 8.32. The Hall–Kier alpha value is 0.130. The fourth-order valence-electron chi connectivity index (χ4n) is 2.27. The second-order valence-corrected chi connectivity index (χ2v) is 7.37. The molecule has 1 unspecified atom stereocenters. The number of halogens is 2. The lowest BCUT2D eigenvalue weighted by molar-refractivity contribution is 0.215. The topological polar surface area (TPSA) is 42.2 Å². The van der Waals surface area contributed by atoms with Crippen LogP contribution in [0.3, 0.4) is 0 Å². The van der Waals surface area contributed by atoms with E-state index < -0.39 is 0 Å². The maximum absolute atomic E-state index is 5.88. The molecule has 1 aromatic heterocycles. The highest BCUT2D eigenvalue weighted by atomic mass is 35.5. The second kappa shape index (κ2) is 7.95. The largest absolute Gasteiger partial charge is 0.329 e. The highest BCUT2D eigenvalue weighted by molar-refractivity contribution is 7.09. The first-order valence-electron chi connectivity index (χ1n) is 6.77. The van der Waals surface area contributed by atoms with Gasteiger partial charge in [0.15, 0.2) is 0 Å². The molecule has 3 nitrogen and oxygen atoms in total. The predicted octanol–water partition coefficient (Wildman–Crippen LogP) is 3.45. The van der Waals surface area contributed by atoms with E-state index in [1.165, 1.54) is 23.5 Å². The highest BCUT2D eigenvalue weighted by Crippen LogP contribution is 2.35. The van der Waals surface area contributed by atoms with Crippen LogP contribution in [0.4, 0.5) is 0 Å². The van der Waals surface area contributed by atoms with Crippen LogP contribution in [0.15, 0.2) is 5.38 Å². The van der Waals surface area contributed by atoms with Crippen molar-refractivity contribution >= 4 is 36.2 Å². The van der Waals surface area contributed by atoms with Crippen LogP contribution in [0, 0.1) is 5.92 Å². The van der Waals surface area contributed by atoms with E-state index in [0.29, 0.717) is 6.04 Å². The fraction of sp³-hybridized carbons (Fsp3) is 0.786. The number of hydrogen-bond donors (Lipinski definition) is 1. The van der Waals surface area contributed by atoms with Gasteiger partial charge in [0, 0.05) is 23.4 Å². The van der Waals surface area contributed by atoms with Crippen LogP contribution >= 0.6 is 36.2 Å². The summed E-state index contributed by atoms with van der Waals surface area (Å²) in [5, 5.41) is 3.40. The molecule has 0 saturated heterocycles. The zero-order valence-corrected chi connectivity index (χ0v) is 15.2. The van der Waals surface area contributed by atoms with Crippen molar-refractivity contribution in [2.45, 2.75) is 51.6 Å². The number of nitrogens with zero attached hydrogens (tertiary/aromatic N) is 2. The third-order valence-electron chi connectivity index (χ3n) is 3.68. The number of thiazole rings is 1. The molecule has 1 aromatic rings. The van der Waals surface area contributed by atoms with Crippen molar-refractivity contribution in [2.24, 2.45) is 11.7 Å². The minimum Gasteiger partial charge on any atom is -0.329 e. The molecule has 2 N–H and O–H groups in total. The molecule has 1 heterocycles. The Kier molecular flexibility index (Phi) is 8.00. The van der Waals surface area contributed by atoms with E-state index in [-0.39, 0.29) is 30.2 Å². The molecular weight excluding hydrogens is 313 g/mol. The van der Waals surface area contributed by atoms with E-state index in [2.05, 4.69) is 38.1 Å². The number of nitrogens with two attached hydrogens (primary N) is 1. The van der Waals surface area contributed by atoms with Crippen molar-refractivity contribution in [3.8, 4) is 0 Å². The van der Waals surface area contributed by atoms with Gasteiger partial charge in [-0.25, -0.2) is 4.98 Å². The van der Waals surface area contributed by atoms with Crippen LogP contribution in [0.2, 0.25) is 0 Å². The SMILES string of the molecule is CN(Cc1nc(C(C)(C)C)cs1)C(CN)C1CC1.Cl.Cl. The van der Waals surface area contributed by atoms with Crippen LogP contribution in [0.25, 0.3) is 0 Å². The smallest absolute Gasteiger partial charge is 0.107 e. The molecule has 6 heteroatoms. The Morgan fingerprint density at radius 3 is 2.40 bits per heavy atom. The molecular formula is C14H27Cl2N3S. The lowest BCUT2D eigenvalue weighted by Crippen LogP contribution is -2.39. The molecule has 0 radical (unpaired) electrons. The molecule has 1 saturated carbocycles. The summed E-state index contributed by atoms with van der Waals surface area (Å²) in [6.07, 6.45) is 2.69. The van der Waals surface area contributed by atoms with Gasteiger partial charge in [0.05, 0.1) is 12.2 Å². The lowest BCUT2D eigenvalue weighted by atomic mass is 9.93. The number of hydrogen-bond acceptors (Lipinski definition) is 4. The Bertz CT molecular complexity index is 399. The number of likely N-dealkylation sites (N-methyl/N-ethyl adjacent to an activating group) is 1. The van der Waals surface area contributed by atoms with Gasteiger partial charge in [-0.15, -0.1) is 36.2 Å². The molecule has 0 amide bonds. The van der Waals surface area contributed by atoms with Gasteiger partial charge in [-0.05, 0) is 25.8 Å². The molecule has 1 aliphatic carbocycles. The van der Waals surface area contributed by atoms with Crippen molar-refractivity contribution in [1.82, 2.24) is 9.88 Å². The Balaban J connectivity index is 0.00000180. The third-order valence-corrected chi connectivity index (χ3v) is 4.51. The van der Waals surface area contributed by atoms with Gasteiger partial charge in [-0.1, -0.05) is 20.8 Å². The summed E-state index contributed by atoms with van der Waals surface area (Å²) in [5.74, 6) is 0.821. The first-order chi connectivity index (χ1) is 8.41. The second-order valence-electron chi connectivity index (χ2n) is 6.43. The summed E-state index contributed by atoms with van der Waals surface area (Å²) in [5.41, 5.74) is 7.23. The van der Waals surface area contributed by atoms with E-state index in [1.54, 1.807) is 11.3 Å². The van der Waals surface area contributed by atoms with Crippen molar-refractivity contribution in [2.75, 3.05) is 13.6 Å². The summed E-state index contributed by atoms with van der Waals surface area (Å²) >= 11 is 1.77. The highest BCUT2D eigenvalue weighted by Gasteiger charge is 2.33. The van der Waals surface area contributed by atoms with Gasteiger partial charge >= 0.3 is 0 Å². The Morgan fingerprint density at radius 1 is 1.40 bits per heavy atom. The first kappa shape index (κ1) is 20.1. The molecule has 2 rings (SSSR count). The zero-order valence-electron chi connectivity index (χ0n) is 12.8. The van der Waals surface area contributed by atoms with Crippen molar-refractivity contribution in [1.29, 1.82) is 0 Å². The molecule has 20 heavy (non-hydrogen) atoms. The van der Waals surface area contributed by atoms with E-state index in [0.717, 1.165) is 19.0 Å². The van der Waals surface area contributed by atoms with Gasteiger partial charge in [0.2, 0.25) is 0 Å². The van der Waals surface area contributed by atoms with E-state index >= 15 is 0 Å². The summed E-state index contributed by atoms with van der Waals surface area (Å²) in [4.78, 5) is 7.13. The molecule has 0 bridgehead atoms. The predicted molar refractivity (Wildman–Crippen MR) is 92.3 cm³/mol. The molecule has 0 aliphatic heterocycles. The van der Waals surface area contributed by atoms with Crippen LogP contribution in [-0.2, 0) is 12.0 Å². The van der Waals surface area contributed by atoms with Crippen molar-refractivity contribution in [3.63, 3.8) is 0 Å². The summed E-state index contributed by atoms with van der Waals surface area (Å²) in [7, 11) is 2.17. The van der Waals surface area contributed by atoms with Crippen molar-refractivity contribution in [3.05, 3.63) is 16.1 Å². The standard InChI is InChI=1S/C14H25N3S.2ClH/c1-14(2,3)12-9-18-13(16-12)8-17(4)11(7-15)10-5-6-10;;/h9-11H,5-8,15H2,1-4H3;2*1H. The minimum absolute atomic E-state index is 0.